The molecule has 0 aromatic carbocycles. The maximum Gasteiger partial charge on any atom is 0.187 e. The Kier molecular flexibility index (Phi) is 11.5. The number of aliphatic hydroxyl groups is 7. The lowest BCUT2D eigenvalue weighted by atomic mass is 9.84. The lowest BCUT2D eigenvalue weighted by molar-refractivity contribution is -0.306. The second kappa shape index (κ2) is 14.1. The first-order valence-electron chi connectivity index (χ1n) is 13.9. The monoisotopic (exact) mass is 614 g/mol. The van der Waals surface area contributed by atoms with Gasteiger partial charge < -0.3 is 98.6 Å². The molecule has 42 heavy (non-hydrogen) atoms. The van der Waals surface area contributed by atoms with Crippen LogP contribution in [0.5, 0.6) is 0 Å². The first-order valence-corrected chi connectivity index (χ1v) is 13.9. The molecule has 0 radical (unpaired) electrons. The van der Waals surface area contributed by atoms with E-state index in [1.54, 1.807) is 0 Å². The second-order valence-corrected chi connectivity index (χ2v) is 11.2. The molecule has 4 fully saturated rings. The molecule has 0 bridgehead atoms. The summed E-state index contributed by atoms with van der Waals surface area (Å²) >= 11 is 0. The minimum atomic E-state index is -1.60. The molecule has 1 saturated carbocycles. The SMILES string of the molecule is NCC1OC(OC2C(N)CC(N)C(O)C2O[C@@H]2O[C@H](CO)[C@H](OC3OC(CN)C(O)C(O)C3N)C2O)C(N)C(O)C1O. The molecular weight excluding hydrogens is 568 g/mol. The summed E-state index contributed by atoms with van der Waals surface area (Å²) in [7, 11) is 0. The van der Waals surface area contributed by atoms with E-state index in [1.165, 1.54) is 0 Å². The van der Waals surface area contributed by atoms with Crippen LogP contribution in [0.15, 0.2) is 0 Å². The van der Waals surface area contributed by atoms with Crippen molar-refractivity contribution in [2.75, 3.05) is 19.7 Å². The van der Waals surface area contributed by atoms with Gasteiger partial charge in [0.05, 0.1) is 24.8 Å². The zero-order valence-electron chi connectivity index (χ0n) is 22.8. The molecule has 3 saturated heterocycles. The summed E-state index contributed by atoms with van der Waals surface area (Å²) in [5, 5.41) is 73.0. The van der Waals surface area contributed by atoms with Crippen molar-refractivity contribution in [2.24, 2.45) is 34.4 Å². The van der Waals surface area contributed by atoms with Crippen molar-refractivity contribution in [3.63, 3.8) is 0 Å². The van der Waals surface area contributed by atoms with E-state index < -0.39 is 123 Å². The third kappa shape index (κ3) is 6.60. The predicted octanol–water partition coefficient (Wildman–Crippen LogP) is -8.90. The van der Waals surface area contributed by atoms with Crippen molar-refractivity contribution in [3.05, 3.63) is 0 Å². The Morgan fingerprint density at radius 2 is 0.976 bits per heavy atom. The molecule has 16 unspecified atom stereocenters. The molecule has 1 aliphatic carbocycles. The highest BCUT2D eigenvalue weighted by Crippen LogP contribution is 2.34. The van der Waals surface area contributed by atoms with Crippen LogP contribution in [0.3, 0.4) is 0 Å². The van der Waals surface area contributed by atoms with Gasteiger partial charge >= 0.3 is 0 Å². The largest absolute Gasteiger partial charge is 0.394 e. The Bertz CT molecular complexity index is 868. The minimum absolute atomic E-state index is 0.0889. The van der Waals surface area contributed by atoms with Crippen molar-refractivity contribution in [3.8, 4) is 0 Å². The van der Waals surface area contributed by atoms with E-state index in [9.17, 15) is 35.7 Å². The van der Waals surface area contributed by atoms with Crippen LogP contribution in [0.2, 0.25) is 0 Å². The fourth-order valence-electron chi connectivity index (χ4n) is 5.74. The molecule has 4 aliphatic rings. The predicted molar refractivity (Wildman–Crippen MR) is 138 cm³/mol. The third-order valence-corrected chi connectivity index (χ3v) is 8.37. The zero-order chi connectivity index (χ0) is 31.0. The molecule has 19 nitrogen and oxygen atoms in total. The van der Waals surface area contributed by atoms with E-state index in [1.807, 2.05) is 0 Å². The second-order valence-electron chi connectivity index (χ2n) is 11.2. The molecule has 0 amide bonds. The van der Waals surface area contributed by atoms with Crippen molar-refractivity contribution in [1.82, 2.24) is 0 Å². The van der Waals surface area contributed by atoms with Gasteiger partial charge in [-0.15, -0.1) is 0 Å². The van der Waals surface area contributed by atoms with E-state index in [0.717, 1.165) is 0 Å². The van der Waals surface area contributed by atoms with Gasteiger partial charge in [-0.25, -0.2) is 0 Å². The lowest BCUT2D eigenvalue weighted by Gasteiger charge is -2.47. The highest BCUT2D eigenvalue weighted by atomic mass is 16.8. The van der Waals surface area contributed by atoms with Crippen molar-refractivity contribution >= 4 is 0 Å². The smallest absolute Gasteiger partial charge is 0.187 e. The first-order chi connectivity index (χ1) is 19.8. The van der Waals surface area contributed by atoms with Crippen LogP contribution in [0.1, 0.15) is 6.42 Å². The molecular formula is C23H46N6O13. The molecule has 0 spiro atoms. The Balaban J connectivity index is 1.50. The minimum Gasteiger partial charge on any atom is -0.394 e. The average molecular weight is 615 g/mol. The third-order valence-electron chi connectivity index (χ3n) is 8.37. The van der Waals surface area contributed by atoms with Crippen LogP contribution in [0.25, 0.3) is 0 Å². The number of nitrogens with two attached hydrogens (primary N) is 6. The van der Waals surface area contributed by atoms with Gasteiger partial charge in [0, 0.05) is 25.2 Å². The molecule has 246 valence electrons. The summed E-state index contributed by atoms with van der Waals surface area (Å²) in [4.78, 5) is 0. The first kappa shape index (κ1) is 34.1. The van der Waals surface area contributed by atoms with Gasteiger partial charge in [0.2, 0.25) is 0 Å². The number of ether oxygens (including phenoxy) is 6. The maximum absolute atomic E-state index is 11.1. The van der Waals surface area contributed by atoms with Gasteiger partial charge in [-0.1, -0.05) is 0 Å². The normalized spacial score (nSPS) is 53.8. The summed E-state index contributed by atoms with van der Waals surface area (Å²) in [6.45, 7) is -0.967. The van der Waals surface area contributed by atoms with E-state index in [2.05, 4.69) is 0 Å². The van der Waals surface area contributed by atoms with E-state index in [0.29, 0.717) is 0 Å². The molecule has 3 aliphatic heterocycles. The molecule has 0 aromatic heterocycles. The topological polar surface area (TPSA) is 353 Å². The summed E-state index contributed by atoms with van der Waals surface area (Å²) in [6.07, 6.45) is -19.8. The molecule has 19 atom stereocenters. The van der Waals surface area contributed by atoms with Crippen molar-refractivity contribution in [1.29, 1.82) is 0 Å². The van der Waals surface area contributed by atoms with Gasteiger partial charge in [0.1, 0.15) is 67.1 Å². The summed E-state index contributed by atoms with van der Waals surface area (Å²) in [5.41, 5.74) is 35.6. The standard InChI is InChI=1S/C23H46N6O13/c24-2-7-13(32)15(34)10(28)21(37-7)40-18-6(27)1-5(26)12(31)20(18)42-23-17(36)19(9(4-30)39-23)41-22-11(29)16(35)14(33)8(3-25)38-22/h5-23,30-36H,1-4,24-29H2/t5?,6?,7?,8?,9-,10?,11?,12?,13?,14?,15?,16?,17?,18?,19+,20?,21?,22?,23+/m1/s1. The van der Waals surface area contributed by atoms with Crippen LogP contribution in [-0.2, 0) is 28.4 Å². The fraction of sp³-hybridized carbons (Fsp3) is 1.00. The van der Waals surface area contributed by atoms with Gasteiger partial charge in [-0.2, -0.15) is 0 Å². The van der Waals surface area contributed by atoms with E-state index in [4.69, 9.17) is 62.8 Å². The van der Waals surface area contributed by atoms with Gasteiger partial charge in [-0.05, 0) is 6.42 Å². The van der Waals surface area contributed by atoms with Crippen LogP contribution in [0.4, 0.5) is 0 Å². The number of hydrogen-bond donors (Lipinski definition) is 13. The van der Waals surface area contributed by atoms with E-state index >= 15 is 0 Å². The molecule has 19 N–H and O–H groups in total. The highest BCUT2D eigenvalue weighted by Gasteiger charge is 2.54. The Labute approximate surface area is 241 Å². The van der Waals surface area contributed by atoms with Crippen molar-refractivity contribution < 1.29 is 64.2 Å². The molecule has 19 heteroatoms. The summed E-state index contributed by atoms with van der Waals surface area (Å²) in [5.74, 6) is 0. The maximum atomic E-state index is 11.1. The Morgan fingerprint density at radius 1 is 0.524 bits per heavy atom. The molecule has 4 rings (SSSR count). The highest BCUT2D eigenvalue weighted by molar-refractivity contribution is 5.02. The number of hydrogen-bond acceptors (Lipinski definition) is 19. The quantitative estimate of drug-likeness (QED) is 0.115. The molecule has 0 aromatic rings. The van der Waals surface area contributed by atoms with E-state index in [-0.39, 0.29) is 19.5 Å². The molecule has 3 heterocycles. The van der Waals surface area contributed by atoms with Gasteiger partial charge in [0.15, 0.2) is 18.9 Å². The van der Waals surface area contributed by atoms with Crippen LogP contribution < -0.4 is 34.4 Å². The number of rotatable bonds is 9. The average Bonchev–Trinajstić information content (AvgIpc) is 3.27. The Hall–Kier alpha value is -0.760. The Morgan fingerprint density at radius 3 is 1.45 bits per heavy atom. The van der Waals surface area contributed by atoms with Crippen LogP contribution in [-0.4, -0.2) is 172 Å². The zero-order valence-corrected chi connectivity index (χ0v) is 22.8. The fourth-order valence-corrected chi connectivity index (χ4v) is 5.74. The summed E-state index contributed by atoms with van der Waals surface area (Å²) in [6, 6.07) is -4.18. The van der Waals surface area contributed by atoms with Gasteiger partial charge in [-0.3, -0.25) is 0 Å². The van der Waals surface area contributed by atoms with Crippen LogP contribution >= 0.6 is 0 Å². The van der Waals surface area contributed by atoms with Crippen LogP contribution in [0, 0.1) is 0 Å². The lowest BCUT2D eigenvalue weighted by Crippen LogP contribution is -2.68. The number of aliphatic hydroxyl groups excluding tert-OH is 7. The van der Waals surface area contributed by atoms with Gasteiger partial charge in [0.25, 0.3) is 0 Å². The summed E-state index contributed by atoms with van der Waals surface area (Å²) < 4.78 is 34.6. The van der Waals surface area contributed by atoms with Crippen molar-refractivity contribution in [2.45, 2.75) is 123 Å².